The summed E-state index contributed by atoms with van der Waals surface area (Å²) in [5.41, 5.74) is 8.20. The van der Waals surface area contributed by atoms with E-state index in [1.54, 1.807) is 0 Å². The molecule has 0 spiro atoms. The SMILES string of the molecule is Cc1c(C)c(N(c2ccccc2)c2cc3ccccc3c3ccccc23)n(Cc2ccccc2)c1N(c1ccccc1)c1cc2ccccc2c2ccccc12. The van der Waals surface area contributed by atoms with Gasteiger partial charge in [-0.2, -0.15) is 0 Å². The maximum absolute atomic E-state index is 2.56. The number of aromatic nitrogens is 1. The molecular weight excluding hydrogens is 679 g/mol. The monoisotopic (exact) mass is 719 g/mol. The standard InChI is InChI=1S/C53H41N3/c1-37-38(2)53(56(43-26-10-5-11-27-43)51-35-41-23-13-15-29-45(41)47-31-17-19-33-49(47)51)54(36-39-20-6-3-7-21-39)52(37)55(42-24-8-4-9-25-42)50-34-40-22-12-14-28-44(40)46-30-16-18-32-48(46)50/h3-35H,36H2,1-2H3. The van der Waals surface area contributed by atoms with Gasteiger partial charge in [0.1, 0.15) is 11.6 Å². The van der Waals surface area contributed by atoms with Crippen molar-refractivity contribution in [3.63, 3.8) is 0 Å². The zero-order chi connectivity index (χ0) is 37.6. The molecule has 0 fully saturated rings. The highest BCUT2D eigenvalue weighted by atomic mass is 15.3. The summed E-state index contributed by atoms with van der Waals surface area (Å²) >= 11 is 0. The summed E-state index contributed by atoms with van der Waals surface area (Å²) in [5, 5.41) is 9.84. The molecule has 10 rings (SSSR count). The van der Waals surface area contributed by atoms with Gasteiger partial charge in [-0.25, -0.2) is 0 Å². The molecule has 1 aromatic heterocycles. The van der Waals surface area contributed by atoms with Crippen molar-refractivity contribution in [2.45, 2.75) is 20.4 Å². The Morgan fingerprint density at radius 1 is 0.357 bits per heavy atom. The highest BCUT2D eigenvalue weighted by molar-refractivity contribution is 6.16. The van der Waals surface area contributed by atoms with Crippen molar-refractivity contribution in [2.24, 2.45) is 0 Å². The van der Waals surface area contributed by atoms with E-state index in [1.807, 2.05) is 0 Å². The Labute approximate surface area is 327 Å². The van der Waals surface area contributed by atoms with E-state index in [1.165, 1.54) is 59.8 Å². The molecule has 3 nitrogen and oxygen atoms in total. The number of para-hydroxylation sites is 2. The van der Waals surface area contributed by atoms with Gasteiger partial charge < -0.3 is 4.57 Å². The molecule has 0 radical (unpaired) electrons. The van der Waals surface area contributed by atoms with Crippen molar-refractivity contribution in [1.82, 2.24) is 4.57 Å². The molecule has 0 bridgehead atoms. The lowest BCUT2D eigenvalue weighted by Gasteiger charge is -2.32. The minimum atomic E-state index is 0.671. The first kappa shape index (κ1) is 33.5. The van der Waals surface area contributed by atoms with Gasteiger partial charge in [-0.1, -0.05) is 164 Å². The molecule has 56 heavy (non-hydrogen) atoms. The number of anilines is 6. The summed E-state index contributed by atoms with van der Waals surface area (Å²) in [6.07, 6.45) is 0. The van der Waals surface area contributed by atoms with Gasteiger partial charge in [0.15, 0.2) is 0 Å². The zero-order valence-electron chi connectivity index (χ0n) is 31.6. The number of nitrogens with zero attached hydrogens (tertiary/aromatic N) is 3. The number of rotatable bonds is 8. The molecule has 3 heteroatoms. The topological polar surface area (TPSA) is 11.4 Å². The van der Waals surface area contributed by atoms with Crippen LogP contribution in [0.5, 0.6) is 0 Å². The molecular formula is C53H41N3. The second kappa shape index (κ2) is 14.0. The largest absolute Gasteiger partial charge is 0.308 e. The van der Waals surface area contributed by atoms with Gasteiger partial charge in [-0.3, -0.25) is 9.80 Å². The van der Waals surface area contributed by atoms with E-state index in [4.69, 9.17) is 0 Å². The Morgan fingerprint density at radius 2 is 0.696 bits per heavy atom. The number of benzene rings is 9. The van der Waals surface area contributed by atoms with Gasteiger partial charge in [0.05, 0.1) is 17.9 Å². The number of hydrogen-bond acceptors (Lipinski definition) is 2. The number of fused-ring (bicyclic) bond motifs is 6. The lowest BCUT2D eigenvalue weighted by atomic mass is 9.99. The third-order valence-electron chi connectivity index (χ3n) is 11.4. The Hall–Kier alpha value is -7.10. The summed E-state index contributed by atoms with van der Waals surface area (Å²) < 4.78 is 2.56. The van der Waals surface area contributed by atoms with Gasteiger partial charge in [-0.05, 0) is 99.3 Å². The predicted molar refractivity (Wildman–Crippen MR) is 239 cm³/mol. The van der Waals surface area contributed by atoms with Crippen LogP contribution in [0.3, 0.4) is 0 Å². The maximum Gasteiger partial charge on any atom is 0.122 e. The van der Waals surface area contributed by atoms with E-state index in [0.29, 0.717) is 6.54 Å². The molecule has 0 saturated carbocycles. The quantitative estimate of drug-likeness (QED) is 0.145. The molecule has 0 N–H and O–H groups in total. The second-order valence-electron chi connectivity index (χ2n) is 14.6. The zero-order valence-corrected chi connectivity index (χ0v) is 31.6. The molecule has 0 aliphatic heterocycles. The minimum Gasteiger partial charge on any atom is -0.308 e. The molecule has 268 valence electrons. The Bertz CT molecular complexity index is 2830. The Balaban J connectivity index is 1.34. The molecule has 0 amide bonds. The molecule has 0 saturated heterocycles. The lowest BCUT2D eigenvalue weighted by Crippen LogP contribution is -2.20. The first-order chi connectivity index (χ1) is 27.7. The van der Waals surface area contributed by atoms with Crippen LogP contribution < -0.4 is 9.80 Å². The van der Waals surface area contributed by atoms with Gasteiger partial charge in [0.25, 0.3) is 0 Å². The van der Waals surface area contributed by atoms with Crippen LogP contribution in [0.1, 0.15) is 16.7 Å². The lowest BCUT2D eigenvalue weighted by molar-refractivity contribution is 0.796. The Kier molecular flexibility index (Phi) is 8.34. The highest BCUT2D eigenvalue weighted by Gasteiger charge is 2.31. The third-order valence-corrected chi connectivity index (χ3v) is 11.4. The molecule has 0 aliphatic carbocycles. The van der Waals surface area contributed by atoms with E-state index >= 15 is 0 Å². The fourth-order valence-corrected chi connectivity index (χ4v) is 8.68. The fraction of sp³-hybridized carbons (Fsp3) is 0.0566. The smallest absolute Gasteiger partial charge is 0.122 e. The first-order valence-corrected chi connectivity index (χ1v) is 19.4. The van der Waals surface area contributed by atoms with Gasteiger partial charge in [-0.15, -0.1) is 0 Å². The van der Waals surface area contributed by atoms with Crippen molar-refractivity contribution < 1.29 is 0 Å². The van der Waals surface area contributed by atoms with Crippen LogP contribution >= 0.6 is 0 Å². The highest BCUT2D eigenvalue weighted by Crippen LogP contribution is 2.50. The summed E-state index contributed by atoms with van der Waals surface area (Å²) in [5.74, 6) is 2.28. The van der Waals surface area contributed by atoms with E-state index in [2.05, 4.69) is 228 Å². The van der Waals surface area contributed by atoms with E-state index < -0.39 is 0 Å². The van der Waals surface area contributed by atoms with Gasteiger partial charge in [0, 0.05) is 22.1 Å². The second-order valence-corrected chi connectivity index (χ2v) is 14.6. The molecule has 10 aromatic rings. The molecule has 9 aromatic carbocycles. The normalized spacial score (nSPS) is 11.5. The van der Waals surface area contributed by atoms with E-state index in [0.717, 1.165) is 34.4 Å². The molecule has 0 atom stereocenters. The van der Waals surface area contributed by atoms with Gasteiger partial charge in [0.2, 0.25) is 0 Å². The number of hydrogen-bond donors (Lipinski definition) is 0. The van der Waals surface area contributed by atoms with E-state index in [9.17, 15) is 0 Å². The Morgan fingerprint density at radius 3 is 1.12 bits per heavy atom. The first-order valence-electron chi connectivity index (χ1n) is 19.4. The summed E-state index contributed by atoms with van der Waals surface area (Å²) in [6.45, 7) is 5.27. The molecule has 1 heterocycles. The summed E-state index contributed by atoms with van der Waals surface area (Å²) in [6, 6.07) is 72.7. The van der Waals surface area contributed by atoms with Crippen molar-refractivity contribution in [2.75, 3.05) is 9.80 Å². The van der Waals surface area contributed by atoms with Crippen LogP contribution in [0, 0.1) is 13.8 Å². The molecule has 0 unspecified atom stereocenters. The maximum atomic E-state index is 2.56. The van der Waals surface area contributed by atoms with Crippen LogP contribution in [0.25, 0.3) is 43.1 Å². The summed E-state index contributed by atoms with van der Waals surface area (Å²) in [7, 11) is 0. The minimum absolute atomic E-state index is 0.671. The van der Waals surface area contributed by atoms with Crippen molar-refractivity contribution >= 4 is 77.5 Å². The van der Waals surface area contributed by atoms with Crippen LogP contribution in [0.2, 0.25) is 0 Å². The fourth-order valence-electron chi connectivity index (χ4n) is 8.68. The van der Waals surface area contributed by atoms with Crippen molar-refractivity contribution in [3.8, 4) is 0 Å². The van der Waals surface area contributed by atoms with Crippen molar-refractivity contribution in [3.05, 3.63) is 217 Å². The average Bonchev–Trinajstić information content (AvgIpc) is 3.49. The third kappa shape index (κ3) is 5.59. The van der Waals surface area contributed by atoms with Crippen LogP contribution in [0.15, 0.2) is 200 Å². The molecule has 0 aliphatic rings. The van der Waals surface area contributed by atoms with Gasteiger partial charge >= 0.3 is 0 Å². The predicted octanol–water partition coefficient (Wildman–Crippen LogP) is 14.7. The van der Waals surface area contributed by atoms with Crippen LogP contribution in [-0.4, -0.2) is 4.57 Å². The van der Waals surface area contributed by atoms with E-state index in [-0.39, 0.29) is 0 Å². The van der Waals surface area contributed by atoms with Crippen LogP contribution in [-0.2, 0) is 6.54 Å². The summed E-state index contributed by atoms with van der Waals surface area (Å²) in [4.78, 5) is 5.01. The van der Waals surface area contributed by atoms with Crippen LogP contribution in [0.4, 0.5) is 34.4 Å². The average molecular weight is 720 g/mol. The van der Waals surface area contributed by atoms with Crippen molar-refractivity contribution in [1.29, 1.82) is 0 Å².